The first kappa shape index (κ1) is 10.3. The molecule has 3 aliphatic rings. The Hall–Kier alpha value is -0.850. The summed E-state index contributed by atoms with van der Waals surface area (Å²) in [4.78, 5) is 4.88. The third kappa shape index (κ3) is 1.88. The van der Waals surface area contributed by atoms with E-state index in [-0.39, 0.29) is 0 Å². The van der Waals surface area contributed by atoms with Gasteiger partial charge in [0, 0.05) is 17.3 Å². The Balaban J connectivity index is 1.81. The minimum Gasteiger partial charge on any atom is -0.257 e. The lowest BCUT2D eigenvalue weighted by Crippen LogP contribution is -2.08. The summed E-state index contributed by atoms with van der Waals surface area (Å²) in [7, 11) is 0. The topological polar surface area (TPSA) is 12.4 Å². The lowest BCUT2D eigenvalue weighted by atomic mass is 9.86. The second-order valence-electron chi connectivity index (χ2n) is 5.60. The SMILES string of the molecule is CC1C=C2C=C(C3CCCCC3)N=C2CC1. The van der Waals surface area contributed by atoms with Crippen LogP contribution in [0.25, 0.3) is 0 Å². The minimum absolute atomic E-state index is 0.746. The third-order valence-electron chi connectivity index (χ3n) is 4.22. The molecule has 0 amide bonds. The van der Waals surface area contributed by atoms with Gasteiger partial charge >= 0.3 is 0 Å². The van der Waals surface area contributed by atoms with Gasteiger partial charge in [-0.3, -0.25) is 4.99 Å². The molecular formula is C15H21N. The molecule has 1 unspecified atom stereocenters. The molecule has 86 valence electrons. The monoisotopic (exact) mass is 215 g/mol. The Bertz CT molecular complexity index is 367. The van der Waals surface area contributed by atoms with Crippen LogP contribution in [-0.2, 0) is 0 Å². The van der Waals surface area contributed by atoms with E-state index in [2.05, 4.69) is 19.1 Å². The van der Waals surface area contributed by atoms with Crippen LogP contribution in [-0.4, -0.2) is 5.71 Å². The molecule has 1 heterocycles. The second-order valence-corrected chi connectivity index (χ2v) is 5.60. The minimum atomic E-state index is 0.746. The summed E-state index contributed by atoms with van der Waals surface area (Å²) in [6.45, 7) is 2.32. The molecule has 2 aliphatic carbocycles. The number of fused-ring (bicyclic) bond motifs is 1. The number of rotatable bonds is 1. The van der Waals surface area contributed by atoms with Crippen molar-refractivity contribution in [3.05, 3.63) is 23.4 Å². The summed E-state index contributed by atoms with van der Waals surface area (Å²) in [5, 5.41) is 0. The van der Waals surface area contributed by atoms with E-state index in [9.17, 15) is 0 Å². The number of allylic oxidation sites excluding steroid dienone is 4. The van der Waals surface area contributed by atoms with Gasteiger partial charge in [0.25, 0.3) is 0 Å². The molecule has 1 heteroatoms. The third-order valence-corrected chi connectivity index (χ3v) is 4.22. The number of hydrogen-bond donors (Lipinski definition) is 0. The molecule has 1 aliphatic heterocycles. The average molecular weight is 215 g/mol. The number of nitrogens with zero attached hydrogens (tertiary/aromatic N) is 1. The van der Waals surface area contributed by atoms with Gasteiger partial charge in [-0.25, -0.2) is 0 Å². The molecule has 0 aromatic heterocycles. The molecular weight excluding hydrogens is 194 g/mol. The van der Waals surface area contributed by atoms with E-state index in [0.717, 1.165) is 11.8 Å². The van der Waals surface area contributed by atoms with Crippen molar-refractivity contribution in [3.63, 3.8) is 0 Å². The molecule has 0 radical (unpaired) electrons. The predicted molar refractivity (Wildman–Crippen MR) is 68.6 cm³/mol. The van der Waals surface area contributed by atoms with Gasteiger partial charge in [-0.1, -0.05) is 32.3 Å². The largest absolute Gasteiger partial charge is 0.257 e. The molecule has 3 rings (SSSR count). The summed E-state index contributed by atoms with van der Waals surface area (Å²) in [5.74, 6) is 1.51. The van der Waals surface area contributed by atoms with E-state index in [1.165, 1.54) is 61.9 Å². The summed E-state index contributed by atoms with van der Waals surface area (Å²) < 4.78 is 0. The van der Waals surface area contributed by atoms with E-state index in [0.29, 0.717) is 0 Å². The van der Waals surface area contributed by atoms with Crippen LogP contribution in [0.15, 0.2) is 28.4 Å². The maximum Gasteiger partial charge on any atom is 0.0477 e. The fourth-order valence-electron chi connectivity index (χ4n) is 3.20. The van der Waals surface area contributed by atoms with Crippen LogP contribution in [0.1, 0.15) is 51.9 Å². The summed E-state index contributed by atoms with van der Waals surface area (Å²) in [5.41, 5.74) is 4.22. The fraction of sp³-hybridized carbons (Fsp3) is 0.667. The van der Waals surface area contributed by atoms with Crippen LogP contribution < -0.4 is 0 Å². The van der Waals surface area contributed by atoms with Crippen molar-refractivity contribution in [1.82, 2.24) is 0 Å². The van der Waals surface area contributed by atoms with Crippen molar-refractivity contribution in [2.45, 2.75) is 51.9 Å². The lowest BCUT2D eigenvalue weighted by Gasteiger charge is -2.20. The molecule has 0 bridgehead atoms. The highest BCUT2D eigenvalue weighted by Crippen LogP contribution is 2.36. The zero-order valence-electron chi connectivity index (χ0n) is 10.2. The Kier molecular flexibility index (Phi) is 2.70. The summed E-state index contributed by atoms with van der Waals surface area (Å²) in [6.07, 6.45) is 14.2. The average Bonchev–Trinajstić information content (AvgIpc) is 2.73. The Morgan fingerprint density at radius 3 is 2.75 bits per heavy atom. The van der Waals surface area contributed by atoms with Gasteiger partial charge in [0.15, 0.2) is 0 Å². The van der Waals surface area contributed by atoms with Crippen molar-refractivity contribution in [1.29, 1.82) is 0 Å². The van der Waals surface area contributed by atoms with Crippen molar-refractivity contribution >= 4 is 5.71 Å². The lowest BCUT2D eigenvalue weighted by molar-refractivity contribution is 0.401. The van der Waals surface area contributed by atoms with Crippen molar-refractivity contribution in [2.75, 3.05) is 0 Å². The molecule has 1 saturated carbocycles. The zero-order chi connectivity index (χ0) is 11.0. The number of aliphatic imine (C=N–C) groups is 1. The van der Waals surface area contributed by atoms with Crippen LogP contribution in [0.4, 0.5) is 0 Å². The highest BCUT2D eigenvalue weighted by molar-refractivity contribution is 6.06. The Labute approximate surface area is 98.3 Å². The molecule has 0 saturated heterocycles. The molecule has 0 N–H and O–H groups in total. The molecule has 1 nitrogen and oxygen atoms in total. The Morgan fingerprint density at radius 1 is 1.12 bits per heavy atom. The van der Waals surface area contributed by atoms with Crippen LogP contribution in [0.5, 0.6) is 0 Å². The van der Waals surface area contributed by atoms with Crippen LogP contribution in [0.3, 0.4) is 0 Å². The smallest absolute Gasteiger partial charge is 0.0477 e. The van der Waals surface area contributed by atoms with Gasteiger partial charge in [0.1, 0.15) is 0 Å². The molecule has 0 aromatic carbocycles. The van der Waals surface area contributed by atoms with Crippen molar-refractivity contribution in [2.24, 2.45) is 16.8 Å². The first-order valence-corrected chi connectivity index (χ1v) is 6.84. The fourth-order valence-corrected chi connectivity index (χ4v) is 3.20. The van der Waals surface area contributed by atoms with E-state index in [1.807, 2.05) is 0 Å². The van der Waals surface area contributed by atoms with Gasteiger partial charge in [0.2, 0.25) is 0 Å². The molecule has 1 fully saturated rings. The van der Waals surface area contributed by atoms with Gasteiger partial charge in [0.05, 0.1) is 0 Å². The zero-order valence-corrected chi connectivity index (χ0v) is 10.2. The van der Waals surface area contributed by atoms with E-state index >= 15 is 0 Å². The first-order chi connectivity index (χ1) is 7.83. The Morgan fingerprint density at radius 2 is 1.94 bits per heavy atom. The highest BCUT2D eigenvalue weighted by Gasteiger charge is 2.25. The van der Waals surface area contributed by atoms with Crippen molar-refractivity contribution in [3.8, 4) is 0 Å². The predicted octanol–water partition coefficient (Wildman–Crippen LogP) is 4.26. The maximum atomic E-state index is 4.88. The van der Waals surface area contributed by atoms with Crippen LogP contribution in [0.2, 0.25) is 0 Å². The second kappa shape index (κ2) is 4.20. The first-order valence-electron chi connectivity index (χ1n) is 6.84. The molecule has 0 spiro atoms. The van der Waals surface area contributed by atoms with E-state index in [1.54, 1.807) is 0 Å². The van der Waals surface area contributed by atoms with Gasteiger partial charge in [-0.2, -0.15) is 0 Å². The molecule has 1 atom stereocenters. The van der Waals surface area contributed by atoms with Gasteiger partial charge in [-0.15, -0.1) is 0 Å². The summed E-state index contributed by atoms with van der Waals surface area (Å²) >= 11 is 0. The quantitative estimate of drug-likeness (QED) is 0.619. The normalized spacial score (nSPS) is 30.6. The van der Waals surface area contributed by atoms with E-state index < -0.39 is 0 Å². The van der Waals surface area contributed by atoms with Crippen molar-refractivity contribution < 1.29 is 0 Å². The molecule has 16 heavy (non-hydrogen) atoms. The standard InChI is InChI=1S/C15H21N/c1-11-7-8-14-13(9-11)10-15(16-14)12-5-3-2-4-6-12/h9-12H,2-8H2,1H3. The van der Waals surface area contributed by atoms with Crippen LogP contribution in [0, 0.1) is 11.8 Å². The maximum absolute atomic E-state index is 4.88. The van der Waals surface area contributed by atoms with Gasteiger partial charge in [-0.05, 0) is 43.3 Å². The van der Waals surface area contributed by atoms with Gasteiger partial charge < -0.3 is 0 Å². The van der Waals surface area contributed by atoms with E-state index in [4.69, 9.17) is 4.99 Å². The number of hydrogen-bond acceptors (Lipinski definition) is 1. The van der Waals surface area contributed by atoms with Crippen LogP contribution >= 0.6 is 0 Å². The molecule has 0 aromatic rings. The summed E-state index contributed by atoms with van der Waals surface area (Å²) in [6, 6.07) is 0. The highest BCUT2D eigenvalue weighted by atomic mass is 14.8.